The van der Waals surface area contributed by atoms with Crippen molar-refractivity contribution in [3.05, 3.63) is 29.2 Å². The first-order valence-corrected chi connectivity index (χ1v) is 7.21. The Hall–Kier alpha value is -2.48. The summed E-state index contributed by atoms with van der Waals surface area (Å²) in [6.07, 6.45) is 3.35. The molecule has 0 saturated carbocycles. The third-order valence-electron chi connectivity index (χ3n) is 2.94. The van der Waals surface area contributed by atoms with Crippen LogP contribution in [0.15, 0.2) is 17.8 Å². The minimum absolute atomic E-state index is 0.0529. The fourth-order valence-corrected chi connectivity index (χ4v) is 3.06. The Kier molecular flexibility index (Phi) is 3.30. The Morgan fingerprint density at radius 3 is 3.00 bits per heavy atom. The fourth-order valence-electron chi connectivity index (χ4n) is 2.09. The second-order valence-corrected chi connectivity index (χ2v) is 5.59. The van der Waals surface area contributed by atoms with Gasteiger partial charge in [-0.2, -0.15) is 5.10 Å². The van der Waals surface area contributed by atoms with E-state index in [1.807, 2.05) is 13.8 Å². The number of rotatable bonds is 4. The van der Waals surface area contributed by atoms with Crippen molar-refractivity contribution in [2.24, 2.45) is 5.73 Å². The molecule has 0 radical (unpaired) electrons. The Morgan fingerprint density at radius 1 is 1.43 bits per heavy atom. The average molecular weight is 302 g/mol. The van der Waals surface area contributed by atoms with Crippen LogP contribution in [0, 0.1) is 13.8 Å². The van der Waals surface area contributed by atoms with Crippen LogP contribution < -0.4 is 11.1 Å². The number of fused-ring (bicyclic) bond motifs is 1. The summed E-state index contributed by atoms with van der Waals surface area (Å²) >= 11 is 1.59. The number of nitrogens with one attached hydrogen (secondary N) is 1. The fraction of sp³-hybridized carbons (Fsp3) is 0.231. The lowest BCUT2D eigenvalue weighted by Crippen LogP contribution is -2.18. The summed E-state index contributed by atoms with van der Waals surface area (Å²) in [5.74, 6) is 1.02. The molecule has 0 unspecified atom stereocenters. The summed E-state index contributed by atoms with van der Waals surface area (Å²) in [4.78, 5) is 20.7. The van der Waals surface area contributed by atoms with E-state index in [1.165, 1.54) is 4.68 Å². The molecule has 3 heterocycles. The molecule has 108 valence electrons. The molecule has 3 rings (SSSR count). The SMILES string of the molecule is Cc1nc(Nc2cnn(CC(N)=O)c2)c2c(C)csc2n1. The maximum absolute atomic E-state index is 10.9. The van der Waals surface area contributed by atoms with E-state index in [4.69, 9.17) is 5.73 Å². The van der Waals surface area contributed by atoms with Gasteiger partial charge < -0.3 is 11.1 Å². The molecule has 7 nitrogen and oxygen atoms in total. The van der Waals surface area contributed by atoms with Crippen LogP contribution in [0.4, 0.5) is 11.5 Å². The predicted molar refractivity (Wildman–Crippen MR) is 81.6 cm³/mol. The number of anilines is 2. The maximum atomic E-state index is 10.9. The van der Waals surface area contributed by atoms with Crippen LogP contribution in [-0.2, 0) is 11.3 Å². The molecule has 0 aliphatic heterocycles. The number of nitrogens with zero attached hydrogens (tertiary/aromatic N) is 4. The molecule has 3 aromatic rings. The van der Waals surface area contributed by atoms with Gasteiger partial charge in [-0.1, -0.05) is 0 Å². The highest BCUT2D eigenvalue weighted by atomic mass is 32.1. The molecule has 21 heavy (non-hydrogen) atoms. The van der Waals surface area contributed by atoms with E-state index < -0.39 is 5.91 Å². The Balaban J connectivity index is 1.96. The van der Waals surface area contributed by atoms with Crippen LogP contribution in [0.5, 0.6) is 0 Å². The highest BCUT2D eigenvalue weighted by Crippen LogP contribution is 2.30. The predicted octanol–water partition coefficient (Wildman–Crippen LogP) is 1.73. The summed E-state index contributed by atoms with van der Waals surface area (Å²) < 4.78 is 1.48. The normalized spacial score (nSPS) is 11.0. The minimum atomic E-state index is -0.432. The molecule has 0 fully saturated rings. The monoisotopic (exact) mass is 302 g/mol. The van der Waals surface area contributed by atoms with Crippen LogP contribution in [0.1, 0.15) is 11.4 Å². The highest BCUT2D eigenvalue weighted by molar-refractivity contribution is 7.17. The van der Waals surface area contributed by atoms with Gasteiger partial charge in [0.1, 0.15) is 23.0 Å². The third-order valence-corrected chi connectivity index (χ3v) is 3.93. The summed E-state index contributed by atoms with van der Waals surface area (Å²) in [7, 11) is 0. The number of primary amides is 1. The van der Waals surface area contributed by atoms with Gasteiger partial charge in [0.15, 0.2) is 0 Å². The lowest BCUT2D eigenvalue weighted by Gasteiger charge is -2.06. The largest absolute Gasteiger partial charge is 0.368 e. The van der Waals surface area contributed by atoms with Gasteiger partial charge in [0.2, 0.25) is 5.91 Å². The van der Waals surface area contributed by atoms with Crippen LogP contribution in [0.3, 0.4) is 0 Å². The minimum Gasteiger partial charge on any atom is -0.368 e. The molecule has 3 N–H and O–H groups in total. The van der Waals surface area contributed by atoms with Gasteiger partial charge in [-0.05, 0) is 24.8 Å². The molecular formula is C13H14N6OS. The molecular weight excluding hydrogens is 288 g/mol. The Labute approximate surface area is 124 Å². The van der Waals surface area contributed by atoms with Crippen molar-refractivity contribution in [3.63, 3.8) is 0 Å². The summed E-state index contributed by atoms with van der Waals surface area (Å²) in [5.41, 5.74) is 7.03. The zero-order valence-electron chi connectivity index (χ0n) is 11.6. The molecule has 0 aromatic carbocycles. The van der Waals surface area contributed by atoms with Crippen molar-refractivity contribution in [1.82, 2.24) is 19.7 Å². The Bertz CT molecular complexity index is 821. The van der Waals surface area contributed by atoms with E-state index in [0.717, 1.165) is 27.3 Å². The number of nitrogens with two attached hydrogens (primary N) is 1. The number of carbonyl (C=O) groups excluding carboxylic acids is 1. The van der Waals surface area contributed by atoms with Crippen molar-refractivity contribution in [3.8, 4) is 0 Å². The van der Waals surface area contributed by atoms with Crippen molar-refractivity contribution in [2.45, 2.75) is 20.4 Å². The first-order valence-electron chi connectivity index (χ1n) is 6.33. The summed E-state index contributed by atoms with van der Waals surface area (Å²) in [6, 6.07) is 0. The highest BCUT2D eigenvalue weighted by Gasteiger charge is 2.11. The number of aryl methyl sites for hydroxylation is 2. The smallest absolute Gasteiger partial charge is 0.239 e. The maximum Gasteiger partial charge on any atom is 0.239 e. The topological polar surface area (TPSA) is 98.7 Å². The molecule has 0 bridgehead atoms. The van der Waals surface area contributed by atoms with Gasteiger partial charge in [0.25, 0.3) is 0 Å². The molecule has 0 atom stereocenters. The van der Waals surface area contributed by atoms with E-state index in [2.05, 4.69) is 25.8 Å². The van der Waals surface area contributed by atoms with Crippen molar-refractivity contribution in [1.29, 1.82) is 0 Å². The zero-order chi connectivity index (χ0) is 15.0. The second-order valence-electron chi connectivity index (χ2n) is 4.74. The van der Waals surface area contributed by atoms with Gasteiger partial charge in [0, 0.05) is 6.20 Å². The number of thiophene rings is 1. The molecule has 0 saturated heterocycles. The quantitative estimate of drug-likeness (QED) is 0.764. The first kappa shape index (κ1) is 13.5. The molecule has 0 aliphatic rings. The van der Waals surface area contributed by atoms with E-state index in [-0.39, 0.29) is 6.54 Å². The average Bonchev–Trinajstić information content (AvgIpc) is 2.96. The lowest BCUT2D eigenvalue weighted by molar-refractivity contribution is -0.118. The van der Waals surface area contributed by atoms with E-state index in [9.17, 15) is 4.79 Å². The van der Waals surface area contributed by atoms with Crippen molar-refractivity contribution in [2.75, 3.05) is 5.32 Å². The molecule has 1 amide bonds. The molecule has 8 heteroatoms. The summed E-state index contributed by atoms with van der Waals surface area (Å²) in [5, 5.41) is 10.4. The van der Waals surface area contributed by atoms with Crippen molar-refractivity contribution >= 4 is 39.0 Å². The molecule has 0 aliphatic carbocycles. The number of amides is 1. The number of hydrogen-bond donors (Lipinski definition) is 2. The standard InChI is InChI=1S/C13H14N6OS/c1-7-6-21-13-11(7)12(16-8(2)17-13)18-9-3-15-19(4-9)5-10(14)20/h3-4,6H,5H2,1-2H3,(H2,14,20)(H,16,17,18). The first-order chi connectivity index (χ1) is 10.0. The number of aromatic nitrogens is 4. The van der Waals surface area contributed by atoms with E-state index >= 15 is 0 Å². The Morgan fingerprint density at radius 2 is 2.24 bits per heavy atom. The van der Waals surface area contributed by atoms with E-state index in [0.29, 0.717) is 5.82 Å². The van der Waals surface area contributed by atoms with Crippen LogP contribution in [0.2, 0.25) is 0 Å². The van der Waals surface area contributed by atoms with Gasteiger partial charge in [-0.25, -0.2) is 9.97 Å². The van der Waals surface area contributed by atoms with Crippen LogP contribution in [0.25, 0.3) is 10.2 Å². The van der Waals surface area contributed by atoms with Crippen molar-refractivity contribution < 1.29 is 4.79 Å². The number of hydrogen-bond acceptors (Lipinski definition) is 6. The van der Waals surface area contributed by atoms with Gasteiger partial charge >= 0.3 is 0 Å². The molecule has 3 aromatic heterocycles. The molecule has 0 spiro atoms. The second kappa shape index (κ2) is 5.13. The van der Waals surface area contributed by atoms with Gasteiger partial charge in [0.05, 0.1) is 17.3 Å². The van der Waals surface area contributed by atoms with Crippen LogP contribution >= 0.6 is 11.3 Å². The zero-order valence-corrected chi connectivity index (χ0v) is 12.4. The van der Waals surface area contributed by atoms with Gasteiger partial charge in [-0.3, -0.25) is 9.48 Å². The van der Waals surface area contributed by atoms with Crippen LogP contribution in [-0.4, -0.2) is 25.7 Å². The number of carbonyl (C=O) groups is 1. The third kappa shape index (κ3) is 2.70. The van der Waals surface area contributed by atoms with Gasteiger partial charge in [-0.15, -0.1) is 11.3 Å². The lowest BCUT2D eigenvalue weighted by atomic mass is 10.2. The summed E-state index contributed by atoms with van der Waals surface area (Å²) in [6.45, 7) is 3.94. The van der Waals surface area contributed by atoms with E-state index in [1.54, 1.807) is 23.7 Å².